The minimum Gasteiger partial charge on any atom is -0.462 e. The maximum atomic E-state index is 11.4. The van der Waals surface area contributed by atoms with E-state index in [4.69, 9.17) is 11.6 Å². The molecule has 0 saturated heterocycles. The molecule has 2 rings (SSSR count). The second-order valence-electron chi connectivity index (χ2n) is 3.00. The number of rotatable bonds is 1. The van der Waals surface area contributed by atoms with E-state index in [1.807, 2.05) is 0 Å². The van der Waals surface area contributed by atoms with Gasteiger partial charge in [0.05, 0.1) is 29.5 Å². The van der Waals surface area contributed by atoms with Crippen molar-refractivity contribution in [3.05, 3.63) is 17.2 Å². The lowest BCUT2D eigenvalue weighted by Crippen LogP contribution is -2.24. The predicted octanol–water partition coefficient (Wildman–Crippen LogP) is 1.46. The van der Waals surface area contributed by atoms with Crippen molar-refractivity contribution in [3.63, 3.8) is 0 Å². The van der Waals surface area contributed by atoms with Gasteiger partial charge in [-0.3, -0.25) is 4.79 Å². The van der Waals surface area contributed by atoms with E-state index >= 15 is 0 Å². The Hall–Kier alpha value is -1.73. The van der Waals surface area contributed by atoms with Gasteiger partial charge in [-0.25, -0.2) is 4.79 Å². The van der Waals surface area contributed by atoms with Crippen molar-refractivity contribution in [2.75, 3.05) is 12.4 Å². The quantitative estimate of drug-likeness (QED) is 0.627. The Morgan fingerprint density at radius 1 is 1.41 bits per heavy atom. The fraction of sp³-hybridized carbons (Fsp3) is 0.111. The minimum absolute atomic E-state index is 0.258. The van der Waals surface area contributed by atoms with Crippen molar-refractivity contribution in [2.45, 2.75) is 0 Å². The Balaban J connectivity index is 2.41. The molecule has 0 aliphatic carbocycles. The fourth-order valence-corrected chi connectivity index (χ4v) is 1.95. The Kier molecular flexibility index (Phi) is 3.21. The number of nitrogens with zero attached hydrogens (tertiary/aromatic N) is 2. The number of fused-ring (bicyclic) bond motifs is 1. The van der Waals surface area contributed by atoms with Crippen LogP contribution in [0, 0.1) is 0 Å². The largest absolute Gasteiger partial charge is 0.462 e. The molecule has 0 spiro atoms. The van der Waals surface area contributed by atoms with Crippen molar-refractivity contribution in [3.8, 4) is 0 Å². The third kappa shape index (κ3) is 2.20. The fourth-order valence-electron chi connectivity index (χ4n) is 1.20. The summed E-state index contributed by atoms with van der Waals surface area (Å²) in [6.45, 7) is 0. The van der Waals surface area contributed by atoms with Crippen LogP contribution in [0.25, 0.3) is 11.0 Å². The highest BCUT2D eigenvalue weighted by Gasteiger charge is 2.18. The topological polar surface area (TPSA) is 81.2 Å². The average Bonchev–Trinajstić information content (AvgIpc) is 2.80. The molecular weight excluding hydrogens is 266 g/mol. The number of carbonyl (C=O) groups is 2. The van der Waals surface area contributed by atoms with Gasteiger partial charge in [-0.1, -0.05) is 11.6 Å². The van der Waals surface area contributed by atoms with Crippen LogP contribution in [0.15, 0.2) is 12.1 Å². The molecule has 88 valence electrons. The summed E-state index contributed by atoms with van der Waals surface area (Å²) in [7, 11) is 1.12. The second-order valence-corrected chi connectivity index (χ2v) is 3.94. The van der Waals surface area contributed by atoms with Crippen LogP contribution in [-0.4, -0.2) is 27.7 Å². The summed E-state index contributed by atoms with van der Waals surface area (Å²) in [4.78, 5) is 22.4. The van der Waals surface area contributed by atoms with E-state index in [0.29, 0.717) is 11.0 Å². The third-order valence-corrected chi connectivity index (χ3v) is 2.84. The summed E-state index contributed by atoms with van der Waals surface area (Å²) >= 11 is 6.91. The number of nitrogens with one attached hydrogen (secondary N) is 1. The van der Waals surface area contributed by atoms with Gasteiger partial charge < -0.3 is 10.1 Å². The zero-order valence-electron chi connectivity index (χ0n) is 8.56. The van der Waals surface area contributed by atoms with Crippen molar-refractivity contribution < 1.29 is 14.3 Å². The molecule has 0 radical (unpaired) electrons. The summed E-state index contributed by atoms with van der Waals surface area (Å²) in [5.41, 5.74) is 1.30. The van der Waals surface area contributed by atoms with Crippen LogP contribution in [0.1, 0.15) is 0 Å². The molecule has 0 fully saturated rings. The van der Waals surface area contributed by atoms with Crippen LogP contribution in [0.4, 0.5) is 5.69 Å². The summed E-state index contributed by atoms with van der Waals surface area (Å²) in [6, 6.07) is 3.24. The molecule has 0 unspecified atom stereocenters. The first-order valence-electron chi connectivity index (χ1n) is 4.43. The summed E-state index contributed by atoms with van der Waals surface area (Å²) < 4.78 is 12.3. The number of amides is 1. The maximum absolute atomic E-state index is 11.4. The van der Waals surface area contributed by atoms with E-state index < -0.39 is 11.9 Å². The van der Waals surface area contributed by atoms with E-state index in [2.05, 4.69) is 18.8 Å². The zero-order valence-corrected chi connectivity index (χ0v) is 10.1. The van der Waals surface area contributed by atoms with Gasteiger partial charge in [-0.05, 0) is 12.1 Å². The molecular formula is C9H6ClN3O3S. The molecule has 1 aromatic carbocycles. The lowest BCUT2D eigenvalue weighted by molar-refractivity contribution is -0.150. The molecule has 1 aromatic heterocycles. The number of benzene rings is 1. The average molecular weight is 272 g/mol. The molecule has 0 atom stereocenters. The van der Waals surface area contributed by atoms with E-state index in [1.54, 1.807) is 12.1 Å². The van der Waals surface area contributed by atoms with Crippen LogP contribution in [0.5, 0.6) is 0 Å². The van der Waals surface area contributed by atoms with E-state index in [9.17, 15) is 9.59 Å². The molecule has 1 amide bonds. The Labute approximate surface area is 105 Å². The van der Waals surface area contributed by atoms with Crippen LogP contribution < -0.4 is 5.32 Å². The molecule has 6 nitrogen and oxygen atoms in total. The van der Waals surface area contributed by atoms with Gasteiger partial charge in [0.1, 0.15) is 11.0 Å². The predicted molar refractivity (Wildman–Crippen MR) is 63.1 cm³/mol. The van der Waals surface area contributed by atoms with Gasteiger partial charge >= 0.3 is 11.9 Å². The maximum Gasteiger partial charge on any atom is 0.396 e. The molecule has 0 aliphatic rings. The Morgan fingerprint density at radius 2 is 2.18 bits per heavy atom. The third-order valence-electron chi connectivity index (χ3n) is 1.99. The number of halogens is 1. The SMILES string of the molecule is COC(=O)C(=O)Nc1c(Cl)ccc2nsnc12. The van der Waals surface area contributed by atoms with Gasteiger partial charge in [0, 0.05) is 0 Å². The standard InChI is InChI=1S/C9H6ClN3O3S/c1-16-9(15)8(14)11-6-4(10)2-3-5-7(6)13-17-12-5/h2-3H,1H3,(H,11,14). The smallest absolute Gasteiger partial charge is 0.396 e. The lowest BCUT2D eigenvalue weighted by Gasteiger charge is -2.05. The van der Waals surface area contributed by atoms with Crippen molar-refractivity contribution in [2.24, 2.45) is 0 Å². The van der Waals surface area contributed by atoms with Gasteiger partial charge in [0.25, 0.3) is 0 Å². The zero-order chi connectivity index (χ0) is 12.4. The number of methoxy groups -OCH3 is 1. The van der Waals surface area contributed by atoms with Crippen LogP contribution >= 0.6 is 23.3 Å². The monoisotopic (exact) mass is 271 g/mol. The minimum atomic E-state index is -0.999. The molecule has 1 N–H and O–H groups in total. The van der Waals surface area contributed by atoms with Crippen molar-refractivity contribution in [1.82, 2.24) is 8.75 Å². The van der Waals surface area contributed by atoms with Crippen molar-refractivity contribution >= 4 is 51.9 Å². The lowest BCUT2D eigenvalue weighted by atomic mass is 10.2. The van der Waals surface area contributed by atoms with E-state index in [1.165, 1.54) is 0 Å². The molecule has 0 saturated carbocycles. The second kappa shape index (κ2) is 4.64. The number of carbonyl (C=O) groups excluding carboxylic acids is 2. The number of hydrogen-bond donors (Lipinski definition) is 1. The highest BCUT2D eigenvalue weighted by atomic mass is 35.5. The van der Waals surface area contributed by atoms with Crippen LogP contribution in [0.3, 0.4) is 0 Å². The normalized spacial score (nSPS) is 10.2. The van der Waals surface area contributed by atoms with Gasteiger partial charge in [-0.15, -0.1) is 0 Å². The highest BCUT2D eigenvalue weighted by Crippen LogP contribution is 2.29. The van der Waals surface area contributed by atoms with Gasteiger partial charge in [0.15, 0.2) is 0 Å². The van der Waals surface area contributed by atoms with Crippen LogP contribution in [0.2, 0.25) is 5.02 Å². The molecule has 8 heteroatoms. The number of ether oxygens (including phenoxy) is 1. The summed E-state index contributed by atoms with van der Waals surface area (Å²) in [5, 5.41) is 2.63. The van der Waals surface area contributed by atoms with Crippen LogP contribution in [-0.2, 0) is 14.3 Å². The van der Waals surface area contributed by atoms with E-state index in [0.717, 1.165) is 18.8 Å². The van der Waals surface area contributed by atoms with Gasteiger partial charge in [0.2, 0.25) is 0 Å². The summed E-state index contributed by atoms with van der Waals surface area (Å²) in [6.07, 6.45) is 0. The van der Waals surface area contributed by atoms with E-state index in [-0.39, 0.29) is 10.7 Å². The molecule has 0 aliphatic heterocycles. The number of anilines is 1. The van der Waals surface area contributed by atoms with Gasteiger partial charge in [-0.2, -0.15) is 8.75 Å². The highest BCUT2D eigenvalue weighted by molar-refractivity contribution is 7.00. The number of aromatic nitrogens is 2. The number of hydrogen-bond acceptors (Lipinski definition) is 6. The molecule has 2 aromatic rings. The molecule has 0 bridgehead atoms. The molecule has 1 heterocycles. The summed E-state index contributed by atoms with van der Waals surface area (Å²) in [5.74, 6) is -1.91. The first-order valence-corrected chi connectivity index (χ1v) is 5.54. The Bertz CT molecular complexity index is 598. The van der Waals surface area contributed by atoms with Crippen molar-refractivity contribution in [1.29, 1.82) is 0 Å². The first kappa shape index (κ1) is 11.7. The number of esters is 1. The first-order chi connectivity index (χ1) is 8.13. The molecule has 17 heavy (non-hydrogen) atoms. The Morgan fingerprint density at radius 3 is 2.88 bits per heavy atom.